The lowest BCUT2D eigenvalue weighted by molar-refractivity contribution is -0.384. The van der Waals surface area contributed by atoms with Crippen LogP contribution in [-0.2, 0) is 0 Å². The highest BCUT2D eigenvalue weighted by Crippen LogP contribution is 2.26. The molecule has 0 fully saturated rings. The highest BCUT2D eigenvalue weighted by atomic mass is 16.6. The lowest BCUT2D eigenvalue weighted by atomic mass is 10.0. The van der Waals surface area contributed by atoms with E-state index in [0.29, 0.717) is 11.1 Å². The van der Waals surface area contributed by atoms with Gasteiger partial charge >= 0.3 is 5.63 Å². The molecule has 0 amide bonds. The summed E-state index contributed by atoms with van der Waals surface area (Å²) in [4.78, 5) is 25.2. The Kier molecular flexibility index (Phi) is 6.36. The van der Waals surface area contributed by atoms with Crippen molar-refractivity contribution in [2.75, 3.05) is 18.0 Å². The maximum Gasteiger partial charge on any atom is 0.344 e. The minimum atomic E-state index is -0.417. The van der Waals surface area contributed by atoms with Gasteiger partial charge in [-0.2, -0.15) is 0 Å². The molecular formula is C27H24N2O4. The number of nitrogens with zero attached hydrogens (tertiary/aromatic N) is 2. The molecule has 1 aromatic heterocycles. The van der Waals surface area contributed by atoms with E-state index in [-0.39, 0.29) is 11.3 Å². The number of hydrogen-bond acceptors (Lipinski definition) is 5. The number of fused-ring (bicyclic) bond motifs is 1. The highest BCUT2D eigenvalue weighted by Gasteiger charge is 2.10. The van der Waals surface area contributed by atoms with Crippen molar-refractivity contribution in [3.63, 3.8) is 0 Å². The van der Waals surface area contributed by atoms with Gasteiger partial charge in [-0.1, -0.05) is 36.4 Å². The zero-order chi connectivity index (χ0) is 23.4. The summed E-state index contributed by atoms with van der Waals surface area (Å²) < 4.78 is 5.64. The summed E-state index contributed by atoms with van der Waals surface area (Å²) in [5.74, 6) is 0. The van der Waals surface area contributed by atoms with E-state index in [1.54, 1.807) is 12.1 Å². The van der Waals surface area contributed by atoms with E-state index in [1.165, 1.54) is 12.1 Å². The summed E-state index contributed by atoms with van der Waals surface area (Å²) in [5, 5.41) is 11.6. The minimum absolute atomic E-state index is 0.0648. The van der Waals surface area contributed by atoms with Crippen molar-refractivity contribution >= 4 is 34.5 Å². The SMILES string of the molecule is CCN(CC)c1ccc2cc(-c3ccc(/C=C/c4ccc([N+](=O)[O-])cc4)cc3)c(=O)oc2c1. The maximum atomic E-state index is 12.7. The molecule has 6 heteroatoms. The van der Waals surface area contributed by atoms with Crippen molar-refractivity contribution in [1.29, 1.82) is 0 Å². The molecule has 166 valence electrons. The van der Waals surface area contributed by atoms with Crippen LogP contribution in [-0.4, -0.2) is 18.0 Å². The molecule has 0 bridgehead atoms. The Morgan fingerprint density at radius 2 is 1.48 bits per heavy atom. The number of anilines is 1. The zero-order valence-corrected chi connectivity index (χ0v) is 18.5. The molecule has 0 unspecified atom stereocenters. The van der Waals surface area contributed by atoms with Gasteiger partial charge in [0.2, 0.25) is 0 Å². The molecular weight excluding hydrogens is 416 g/mol. The quantitative estimate of drug-likeness (QED) is 0.144. The fourth-order valence-corrected chi connectivity index (χ4v) is 3.76. The Balaban J connectivity index is 1.57. The van der Waals surface area contributed by atoms with Crippen molar-refractivity contribution in [1.82, 2.24) is 0 Å². The van der Waals surface area contributed by atoms with E-state index in [1.807, 2.05) is 60.7 Å². The lowest BCUT2D eigenvalue weighted by Crippen LogP contribution is -2.21. The van der Waals surface area contributed by atoms with Crippen LogP contribution >= 0.6 is 0 Å². The van der Waals surface area contributed by atoms with Crippen molar-refractivity contribution in [2.24, 2.45) is 0 Å². The topological polar surface area (TPSA) is 76.6 Å². The maximum absolute atomic E-state index is 12.7. The van der Waals surface area contributed by atoms with Gasteiger partial charge in [-0.3, -0.25) is 10.1 Å². The number of benzene rings is 3. The van der Waals surface area contributed by atoms with Gasteiger partial charge in [-0.25, -0.2) is 4.79 Å². The number of hydrogen-bond donors (Lipinski definition) is 0. The molecule has 3 aromatic carbocycles. The number of rotatable bonds is 7. The number of nitro benzene ring substituents is 1. The molecule has 0 aliphatic heterocycles. The first-order chi connectivity index (χ1) is 16.0. The summed E-state index contributed by atoms with van der Waals surface area (Å²) >= 11 is 0. The van der Waals surface area contributed by atoms with Crippen LogP contribution in [0.25, 0.3) is 34.2 Å². The van der Waals surface area contributed by atoms with Gasteiger partial charge in [0.25, 0.3) is 5.69 Å². The molecule has 33 heavy (non-hydrogen) atoms. The van der Waals surface area contributed by atoms with Gasteiger partial charge < -0.3 is 9.32 Å². The molecule has 0 atom stereocenters. The van der Waals surface area contributed by atoms with Gasteiger partial charge in [-0.05, 0) is 60.9 Å². The van der Waals surface area contributed by atoms with E-state index in [9.17, 15) is 14.9 Å². The van der Waals surface area contributed by atoms with Crippen LogP contribution in [0, 0.1) is 10.1 Å². The highest BCUT2D eigenvalue weighted by molar-refractivity contribution is 5.84. The van der Waals surface area contributed by atoms with Gasteiger partial charge in [0.1, 0.15) is 5.58 Å². The van der Waals surface area contributed by atoms with E-state index in [0.717, 1.165) is 40.9 Å². The molecule has 0 aliphatic carbocycles. The van der Waals surface area contributed by atoms with Crippen molar-refractivity contribution < 1.29 is 9.34 Å². The monoisotopic (exact) mass is 440 g/mol. The van der Waals surface area contributed by atoms with E-state index < -0.39 is 4.92 Å². The third-order valence-electron chi connectivity index (χ3n) is 5.64. The van der Waals surface area contributed by atoms with Crippen LogP contribution in [0.4, 0.5) is 11.4 Å². The standard InChI is InChI=1S/C27H24N2O4/c1-3-28(4-2)24-16-13-22-17-25(27(30)33-26(22)18-24)21-11-7-19(8-12-21)5-6-20-9-14-23(15-10-20)29(31)32/h5-18H,3-4H2,1-2H3/b6-5+. The predicted octanol–water partition coefficient (Wildman–Crippen LogP) is 6.38. The molecule has 0 N–H and O–H groups in total. The van der Waals surface area contributed by atoms with Crippen molar-refractivity contribution in [3.05, 3.63) is 104 Å². The van der Waals surface area contributed by atoms with Crippen LogP contribution < -0.4 is 10.5 Å². The molecule has 6 nitrogen and oxygen atoms in total. The van der Waals surface area contributed by atoms with E-state index >= 15 is 0 Å². The Labute approximate surface area is 191 Å². The second-order valence-corrected chi connectivity index (χ2v) is 7.65. The molecule has 0 spiro atoms. The Hall–Kier alpha value is -4.19. The molecule has 0 aliphatic rings. The summed E-state index contributed by atoms with van der Waals surface area (Å²) in [5.41, 5.74) is 4.43. The van der Waals surface area contributed by atoms with Gasteiger partial charge in [0.05, 0.1) is 10.5 Å². The number of nitro groups is 1. The molecule has 0 saturated heterocycles. The van der Waals surface area contributed by atoms with Crippen LogP contribution in [0.15, 0.2) is 82.0 Å². The zero-order valence-electron chi connectivity index (χ0n) is 18.5. The first kappa shape index (κ1) is 22.0. The molecule has 0 saturated carbocycles. The van der Waals surface area contributed by atoms with Crippen molar-refractivity contribution in [3.8, 4) is 11.1 Å². The average Bonchev–Trinajstić information content (AvgIpc) is 2.83. The fourth-order valence-electron chi connectivity index (χ4n) is 3.76. The second kappa shape index (κ2) is 9.53. The Bertz CT molecular complexity index is 1370. The van der Waals surface area contributed by atoms with Gasteiger partial charge in [0.15, 0.2) is 0 Å². The van der Waals surface area contributed by atoms with Crippen molar-refractivity contribution in [2.45, 2.75) is 13.8 Å². The molecule has 1 heterocycles. The summed E-state index contributed by atoms with van der Waals surface area (Å²) in [6, 6.07) is 21.8. The third kappa shape index (κ3) is 4.85. The predicted molar refractivity (Wildman–Crippen MR) is 134 cm³/mol. The first-order valence-electron chi connectivity index (χ1n) is 10.8. The van der Waals surface area contributed by atoms with Crippen LogP contribution in [0.5, 0.6) is 0 Å². The summed E-state index contributed by atoms with van der Waals surface area (Å²) in [6.45, 7) is 5.96. The first-order valence-corrected chi connectivity index (χ1v) is 10.8. The van der Waals surface area contributed by atoms with Gasteiger partial charge in [0, 0.05) is 42.4 Å². The number of non-ortho nitro benzene ring substituents is 1. The molecule has 0 radical (unpaired) electrons. The minimum Gasteiger partial charge on any atom is -0.422 e. The molecule has 4 rings (SSSR count). The average molecular weight is 440 g/mol. The normalized spacial score (nSPS) is 11.2. The van der Waals surface area contributed by atoms with E-state index in [4.69, 9.17) is 4.42 Å². The molecule has 4 aromatic rings. The van der Waals surface area contributed by atoms with Crippen LogP contribution in [0.3, 0.4) is 0 Å². The Morgan fingerprint density at radius 3 is 2.06 bits per heavy atom. The lowest BCUT2D eigenvalue weighted by Gasteiger charge is -2.21. The summed E-state index contributed by atoms with van der Waals surface area (Å²) in [6.07, 6.45) is 3.80. The Morgan fingerprint density at radius 1 is 0.879 bits per heavy atom. The smallest absolute Gasteiger partial charge is 0.344 e. The van der Waals surface area contributed by atoms with E-state index in [2.05, 4.69) is 18.7 Å². The second-order valence-electron chi connectivity index (χ2n) is 7.65. The summed E-state index contributed by atoms with van der Waals surface area (Å²) in [7, 11) is 0. The van der Waals surface area contributed by atoms with Gasteiger partial charge in [-0.15, -0.1) is 0 Å². The van der Waals surface area contributed by atoms with Crippen LogP contribution in [0.2, 0.25) is 0 Å². The third-order valence-corrected chi connectivity index (χ3v) is 5.64. The van der Waals surface area contributed by atoms with Crippen LogP contribution in [0.1, 0.15) is 25.0 Å². The fraction of sp³-hybridized carbons (Fsp3) is 0.148. The largest absolute Gasteiger partial charge is 0.422 e.